The summed E-state index contributed by atoms with van der Waals surface area (Å²) >= 11 is 0. The number of amides is 1. The molecule has 5 nitrogen and oxygen atoms in total. The van der Waals surface area contributed by atoms with E-state index in [1.165, 1.54) is 11.8 Å². The summed E-state index contributed by atoms with van der Waals surface area (Å²) in [6, 6.07) is 5.42. The molecule has 0 atom stereocenters. The largest absolute Gasteiger partial charge is 0.388 e. The topological polar surface area (TPSA) is 63.4 Å². The number of aromatic nitrogens is 1. The third-order valence-corrected chi connectivity index (χ3v) is 3.20. The number of unbranched alkanes of at least 4 members (excludes halogenated alkanes) is 1. The highest BCUT2D eigenvalue weighted by molar-refractivity contribution is 5.90. The van der Waals surface area contributed by atoms with Gasteiger partial charge in [0.25, 0.3) is 0 Å². The Balaban J connectivity index is 2.56. The van der Waals surface area contributed by atoms with Gasteiger partial charge in [0.1, 0.15) is 0 Å². The third kappa shape index (κ3) is 2.71. The first-order valence-electron chi connectivity index (χ1n) is 6.73. The predicted molar refractivity (Wildman–Crippen MR) is 78.0 cm³/mol. The standard InChI is InChI=1S/C15H18N2O3/c1-4-5-9-17(11(3)18)15-16-13-10(2)7-6-8-12(13)14(19)20-15/h6-8H,4-5,9H2,1-3H3. The second-order valence-electron chi connectivity index (χ2n) is 4.78. The third-order valence-electron chi connectivity index (χ3n) is 3.20. The summed E-state index contributed by atoms with van der Waals surface area (Å²) < 4.78 is 5.20. The van der Waals surface area contributed by atoms with Crippen LogP contribution >= 0.6 is 0 Å². The molecular formula is C15H18N2O3. The summed E-state index contributed by atoms with van der Waals surface area (Å²) in [7, 11) is 0. The molecular weight excluding hydrogens is 256 g/mol. The van der Waals surface area contributed by atoms with Crippen LogP contribution in [0.1, 0.15) is 32.3 Å². The van der Waals surface area contributed by atoms with Gasteiger partial charge in [0.2, 0.25) is 5.91 Å². The molecule has 1 heterocycles. The van der Waals surface area contributed by atoms with E-state index in [-0.39, 0.29) is 11.9 Å². The molecule has 0 spiro atoms. The first-order chi connectivity index (χ1) is 9.54. The van der Waals surface area contributed by atoms with E-state index < -0.39 is 5.63 Å². The summed E-state index contributed by atoms with van der Waals surface area (Å²) in [4.78, 5) is 29.5. The zero-order valence-electron chi connectivity index (χ0n) is 12.0. The Morgan fingerprint density at radius 3 is 2.80 bits per heavy atom. The van der Waals surface area contributed by atoms with Crippen molar-refractivity contribution in [2.24, 2.45) is 0 Å². The van der Waals surface area contributed by atoms with Crippen molar-refractivity contribution < 1.29 is 9.21 Å². The molecule has 0 fully saturated rings. The van der Waals surface area contributed by atoms with Crippen LogP contribution in [0.15, 0.2) is 27.4 Å². The van der Waals surface area contributed by atoms with E-state index in [1.807, 2.05) is 19.9 Å². The lowest BCUT2D eigenvalue weighted by Gasteiger charge is -2.17. The van der Waals surface area contributed by atoms with Crippen LogP contribution in [0.4, 0.5) is 6.01 Å². The molecule has 1 aromatic heterocycles. The lowest BCUT2D eigenvalue weighted by Crippen LogP contribution is -2.31. The number of para-hydroxylation sites is 1. The maximum Gasteiger partial charge on any atom is 0.348 e. The molecule has 5 heteroatoms. The molecule has 0 unspecified atom stereocenters. The first-order valence-corrected chi connectivity index (χ1v) is 6.73. The van der Waals surface area contributed by atoms with E-state index in [4.69, 9.17) is 4.42 Å². The van der Waals surface area contributed by atoms with Crippen molar-refractivity contribution in [3.8, 4) is 0 Å². The molecule has 0 aliphatic carbocycles. The van der Waals surface area contributed by atoms with E-state index in [0.29, 0.717) is 17.4 Å². The normalized spacial score (nSPS) is 10.8. The molecule has 1 amide bonds. The number of nitrogens with zero attached hydrogens (tertiary/aromatic N) is 2. The summed E-state index contributed by atoms with van der Waals surface area (Å²) in [6.45, 7) is 5.85. The number of anilines is 1. The Kier molecular flexibility index (Phi) is 4.17. The van der Waals surface area contributed by atoms with Gasteiger partial charge < -0.3 is 4.42 Å². The van der Waals surface area contributed by atoms with Crippen LogP contribution < -0.4 is 10.5 Å². The Morgan fingerprint density at radius 2 is 2.15 bits per heavy atom. The van der Waals surface area contributed by atoms with Crippen molar-refractivity contribution in [1.29, 1.82) is 0 Å². The van der Waals surface area contributed by atoms with Crippen molar-refractivity contribution in [2.45, 2.75) is 33.6 Å². The fourth-order valence-corrected chi connectivity index (χ4v) is 2.05. The minimum atomic E-state index is -0.462. The van der Waals surface area contributed by atoms with E-state index in [0.717, 1.165) is 18.4 Å². The maximum atomic E-state index is 12.0. The van der Waals surface area contributed by atoms with Crippen LogP contribution in [-0.2, 0) is 4.79 Å². The Morgan fingerprint density at radius 1 is 1.40 bits per heavy atom. The van der Waals surface area contributed by atoms with Crippen molar-refractivity contribution >= 4 is 22.8 Å². The Bertz CT molecular complexity index is 691. The van der Waals surface area contributed by atoms with E-state index in [2.05, 4.69) is 4.98 Å². The van der Waals surface area contributed by atoms with Crippen LogP contribution in [0.25, 0.3) is 10.9 Å². The van der Waals surface area contributed by atoms with Crippen molar-refractivity contribution in [2.75, 3.05) is 11.4 Å². The van der Waals surface area contributed by atoms with Crippen LogP contribution in [0.3, 0.4) is 0 Å². The summed E-state index contributed by atoms with van der Waals surface area (Å²) in [5.41, 5.74) is 1.01. The Hall–Kier alpha value is -2.17. The minimum Gasteiger partial charge on any atom is -0.388 e. The number of carbonyl (C=O) groups excluding carboxylic acids is 1. The SMILES string of the molecule is CCCCN(C(C)=O)c1nc2c(C)cccc2c(=O)o1. The number of fused-ring (bicyclic) bond motifs is 1. The molecule has 1 aromatic carbocycles. The van der Waals surface area contributed by atoms with Gasteiger partial charge >= 0.3 is 11.6 Å². The lowest BCUT2D eigenvalue weighted by atomic mass is 10.1. The van der Waals surface area contributed by atoms with Crippen LogP contribution in [0.2, 0.25) is 0 Å². The molecule has 0 saturated heterocycles. The highest BCUT2D eigenvalue weighted by atomic mass is 16.4. The van der Waals surface area contributed by atoms with Gasteiger partial charge in [-0.25, -0.2) is 4.79 Å². The molecule has 2 aromatic rings. The second kappa shape index (κ2) is 5.86. The van der Waals surface area contributed by atoms with Gasteiger partial charge in [-0.05, 0) is 25.0 Å². The van der Waals surface area contributed by atoms with Crippen molar-refractivity contribution in [3.05, 3.63) is 34.2 Å². The number of carbonyl (C=O) groups is 1. The zero-order chi connectivity index (χ0) is 14.7. The fourth-order valence-electron chi connectivity index (χ4n) is 2.05. The number of hydrogen-bond donors (Lipinski definition) is 0. The van der Waals surface area contributed by atoms with E-state index in [1.54, 1.807) is 12.1 Å². The predicted octanol–water partition coefficient (Wildman–Crippen LogP) is 2.65. The zero-order valence-corrected chi connectivity index (χ0v) is 12.0. The quantitative estimate of drug-likeness (QED) is 0.859. The summed E-state index contributed by atoms with van der Waals surface area (Å²) in [6.07, 6.45) is 1.78. The molecule has 0 saturated carbocycles. The highest BCUT2D eigenvalue weighted by Crippen LogP contribution is 2.18. The van der Waals surface area contributed by atoms with Crippen LogP contribution in [0.5, 0.6) is 0 Å². The molecule has 106 valence electrons. The lowest BCUT2D eigenvalue weighted by molar-refractivity contribution is -0.116. The highest BCUT2D eigenvalue weighted by Gasteiger charge is 2.17. The van der Waals surface area contributed by atoms with Gasteiger partial charge in [0, 0.05) is 13.5 Å². The molecule has 0 aliphatic rings. The van der Waals surface area contributed by atoms with Crippen molar-refractivity contribution in [1.82, 2.24) is 4.98 Å². The van der Waals surface area contributed by atoms with Crippen LogP contribution in [-0.4, -0.2) is 17.4 Å². The molecule has 0 aliphatic heterocycles. The van der Waals surface area contributed by atoms with Gasteiger partial charge in [-0.1, -0.05) is 25.5 Å². The fraction of sp³-hybridized carbons (Fsp3) is 0.400. The number of rotatable bonds is 4. The monoisotopic (exact) mass is 274 g/mol. The number of benzene rings is 1. The molecule has 2 rings (SSSR count). The van der Waals surface area contributed by atoms with Crippen LogP contribution in [0, 0.1) is 6.92 Å². The second-order valence-corrected chi connectivity index (χ2v) is 4.78. The summed E-state index contributed by atoms with van der Waals surface area (Å²) in [5, 5.41) is 0.438. The van der Waals surface area contributed by atoms with Gasteiger partial charge in [-0.3, -0.25) is 9.69 Å². The average molecular weight is 274 g/mol. The Labute approximate surface area is 117 Å². The smallest absolute Gasteiger partial charge is 0.348 e. The summed E-state index contributed by atoms with van der Waals surface area (Å²) in [5.74, 6) is -0.179. The minimum absolute atomic E-state index is 0.0813. The molecule has 0 N–H and O–H groups in total. The molecule has 0 bridgehead atoms. The van der Waals surface area contributed by atoms with Gasteiger partial charge in [0.05, 0.1) is 10.9 Å². The van der Waals surface area contributed by atoms with Gasteiger partial charge in [-0.15, -0.1) is 0 Å². The van der Waals surface area contributed by atoms with E-state index >= 15 is 0 Å². The van der Waals surface area contributed by atoms with Crippen molar-refractivity contribution in [3.63, 3.8) is 0 Å². The molecule has 0 radical (unpaired) electrons. The van der Waals surface area contributed by atoms with E-state index in [9.17, 15) is 9.59 Å². The first kappa shape index (κ1) is 14.2. The maximum absolute atomic E-state index is 12.0. The molecule has 20 heavy (non-hydrogen) atoms. The van der Waals surface area contributed by atoms with Gasteiger partial charge in [-0.2, -0.15) is 4.98 Å². The number of aryl methyl sites for hydroxylation is 1. The number of hydrogen-bond acceptors (Lipinski definition) is 4. The average Bonchev–Trinajstić information content (AvgIpc) is 2.40. The van der Waals surface area contributed by atoms with Gasteiger partial charge in [0.15, 0.2) is 0 Å².